The second kappa shape index (κ2) is 7.37. The zero-order chi connectivity index (χ0) is 15.9. The SMILES string of the molecule is C=C(C=CC(F)=CC)C(=NC(=O)OC(C)(C)C)C(=O)O. The summed E-state index contributed by atoms with van der Waals surface area (Å²) in [7, 11) is 0. The Morgan fingerprint density at radius 1 is 1.30 bits per heavy atom. The Kier molecular flexibility index (Phi) is 6.55. The van der Waals surface area contributed by atoms with Gasteiger partial charge >= 0.3 is 12.1 Å². The number of hydrogen-bond acceptors (Lipinski definition) is 3. The third-order valence-electron chi connectivity index (χ3n) is 1.82. The number of halogens is 1. The van der Waals surface area contributed by atoms with Crippen LogP contribution in [-0.2, 0) is 9.53 Å². The molecule has 0 rings (SSSR count). The van der Waals surface area contributed by atoms with Gasteiger partial charge in [0.15, 0.2) is 5.71 Å². The lowest BCUT2D eigenvalue weighted by Gasteiger charge is -2.17. The summed E-state index contributed by atoms with van der Waals surface area (Å²) in [6.45, 7) is 9.78. The molecule has 0 unspecified atom stereocenters. The van der Waals surface area contributed by atoms with Crippen molar-refractivity contribution in [2.45, 2.75) is 33.3 Å². The smallest absolute Gasteiger partial charge is 0.434 e. The van der Waals surface area contributed by atoms with Crippen LogP contribution >= 0.6 is 0 Å². The second-order valence-electron chi connectivity index (χ2n) is 4.78. The average molecular weight is 283 g/mol. The molecule has 110 valence electrons. The van der Waals surface area contributed by atoms with Crippen molar-refractivity contribution in [1.29, 1.82) is 0 Å². The van der Waals surface area contributed by atoms with Crippen molar-refractivity contribution in [3.05, 3.63) is 36.2 Å². The summed E-state index contributed by atoms with van der Waals surface area (Å²) in [5.74, 6) is -2.01. The van der Waals surface area contributed by atoms with E-state index < -0.39 is 29.2 Å². The minimum absolute atomic E-state index is 0.111. The number of carboxylic acids is 1. The van der Waals surface area contributed by atoms with E-state index in [4.69, 9.17) is 9.84 Å². The quantitative estimate of drug-likeness (QED) is 0.633. The highest BCUT2D eigenvalue weighted by Gasteiger charge is 2.19. The second-order valence-corrected chi connectivity index (χ2v) is 4.78. The van der Waals surface area contributed by atoms with Gasteiger partial charge in [0.2, 0.25) is 0 Å². The molecule has 0 aromatic carbocycles. The highest BCUT2D eigenvalue weighted by atomic mass is 19.1. The van der Waals surface area contributed by atoms with E-state index in [1.54, 1.807) is 20.8 Å². The first-order chi connectivity index (χ1) is 9.06. The molecule has 0 aliphatic rings. The minimum Gasteiger partial charge on any atom is -0.476 e. The normalized spacial score (nSPS) is 13.4. The molecule has 0 aliphatic heterocycles. The molecular formula is C14H18FNO4. The van der Waals surface area contributed by atoms with E-state index in [0.29, 0.717) is 0 Å². The van der Waals surface area contributed by atoms with Crippen LogP contribution in [0, 0.1) is 0 Å². The molecule has 0 heterocycles. The number of aliphatic imine (C=N–C) groups is 1. The fraction of sp³-hybridized carbons (Fsp3) is 0.357. The van der Waals surface area contributed by atoms with Crippen LogP contribution < -0.4 is 0 Å². The topological polar surface area (TPSA) is 76.0 Å². The van der Waals surface area contributed by atoms with E-state index in [1.807, 2.05) is 0 Å². The van der Waals surface area contributed by atoms with Crippen molar-refractivity contribution in [2.75, 3.05) is 0 Å². The first kappa shape index (κ1) is 17.8. The summed E-state index contributed by atoms with van der Waals surface area (Å²) in [5, 5.41) is 8.97. The Balaban J connectivity index is 5.17. The minimum atomic E-state index is -1.45. The molecule has 1 N–H and O–H groups in total. The Labute approximate surface area is 117 Å². The van der Waals surface area contributed by atoms with Gasteiger partial charge in [0.1, 0.15) is 11.4 Å². The van der Waals surface area contributed by atoms with E-state index in [9.17, 15) is 14.0 Å². The van der Waals surface area contributed by atoms with Crippen LogP contribution in [0.15, 0.2) is 41.2 Å². The monoisotopic (exact) mass is 283 g/mol. The van der Waals surface area contributed by atoms with Crippen molar-refractivity contribution in [3.63, 3.8) is 0 Å². The first-order valence-electron chi connectivity index (χ1n) is 5.81. The fourth-order valence-electron chi connectivity index (χ4n) is 0.988. The summed E-state index contributed by atoms with van der Waals surface area (Å²) < 4.78 is 17.8. The number of aliphatic carboxylic acids is 1. The summed E-state index contributed by atoms with van der Waals surface area (Å²) in [6, 6.07) is 0. The summed E-state index contributed by atoms with van der Waals surface area (Å²) in [6.07, 6.45) is 2.29. The Morgan fingerprint density at radius 3 is 2.25 bits per heavy atom. The van der Waals surface area contributed by atoms with Gasteiger partial charge in [0, 0.05) is 5.57 Å². The third-order valence-corrected chi connectivity index (χ3v) is 1.82. The van der Waals surface area contributed by atoms with Gasteiger partial charge in [-0.15, -0.1) is 0 Å². The predicted octanol–water partition coefficient (Wildman–Crippen LogP) is 3.43. The van der Waals surface area contributed by atoms with Crippen LogP contribution in [0.5, 0.6) is 0 Å². The Hall–Kier alpha value is -2.24. The van der Waals surface area contributed by atoms with E-state index in [0.717, 1.165) is 12.2 Å². The number of hydrogen-bond donors (Lipinski definition) is 1. The molecule has 0 spiro atoms. The first-order valence-corrected chi connectivity index (χ1v) is 5.81. The zero-order valence-corrected chi connectivity index (χ0v) is 11.9. The van der Waals surface area contributed by atoms with Gasteiger partial charge in [-0.1, -0.05) is 18.7 Å². The summed E-state index contributed by atoms with van der Waals surface area (Å²) in [5.41, 5.74) is -1.50. The fourth-order valence-corrected chi connectivity index (χ4v) is 0.988. The molecule has 5 nitrogen and oxygen atoms in total. The summed E-state index contributed by atoms with van der Waals surface area (Å²) >= 11 is 0. The number of ether oxygens (including phenoxy) is 1. The molecule has 0 saturated heterocycles. The molecule has 6 heteroatoms. The van der Waals surface area contributed by atoms with E-state index in [2.05, 4.69) is 11.6 Å². The Morgan fingerprint density at radius 2 is 1.85 bits per heavy atom. The molecule has 1 amide bonds. The van der Waals surface area contributed by atoms with Gasteiger partial charge in [-0.2, -0.15) is 4.99 Å². The van der Waals surface area contributed by atoms with Crippen LogP contribution in [-0.4, -0.2) is 28.5 Å². The van der Waals surface area contributed by atoms with Crippen LogP contribution in [0.2, 0.25) is 0 Å². The maximum absolute atomic E-state index is 12.9. The van der Waals surface area contributed by atoms with Crippen LogP contribution in [0.3, 0.4) is 0 Å². The van der Waals surface area contributed by atoms with Gasteiger partial charge < -0.3 is 9.84 Å². The van der Waals surface area contributed by atoms with Crippen molar-refractivity contribution < 1.29 is 23.8 Å². The van der Waals surface area contributed by atoms with Gasteiger partial charge in [-0.25, -0.2) is 14.0 Å². The zero-order valence-electron chi connectivity index (χ0n) is 11.9. The number of allylic oxidation sites excluding steroid dienone is 4. The number of nitrogens with zero attached hydrogens (tertiary/aromatic N) is 1. The lowest BCUT2D eigenvalue weighted by atomic mass is 10.1. The lowest BCUT2D eigenvalue weighted by molar-refractivity contribution is -0.129. The molecular weight excluding hydrogens is 265 g/mol. The standard InChI is InChI=1S/C14H18FNO4/c1-6-10(15)8-7-9(2)11(12(17)18)16-13(19)20-14(3,4)5/h6-8H,2H2,1,3-5H3,(H,17,18). The number of carbonyl (C=O) groups is 2. The van der Waals surface area contributed by atoms with Gasteiger partial charge in [-0.05, 0) is 33.8 Å². The largest absolute Gasteiger partial charge is 0.476 e. The number of carbonyl (C=O) groups excluding carboxylic acids is 1. The highest BCUT2D eigenvalue weighted by molar-refractivity contribution is 6.44. The van der Waals surface area contributed by atoms with Crippen molar-refractivity contribution in [1.82, 2.24) is 0 Å². The molecule has 0 radical (unpaired) electrons. The van der Waals surface area contributed by atoms with E-state index in [-0.39, 0.29) is 5.57 Å². The molecule has 0 aromatic heterocycles. The van der Waals surface area contributed by atoms with Crippen molar-refractivity contribution >= 4 is 17.8 Å². The average Bonchev–Trinajstić information content (AvgIpc) is 2.29. The lowest BCUT2D eigenvalue weighted by Crippen LogP contribution is -2.24. The highest BCUT2D eigenvalue weighted by Crippen LogP contribution is 2.10. The van der Waals surface area contributed by atoms with Gasteiger partial charge in [-0.3, -0.25) is 0 Å². The van der Waals surface area contributed by atoms with Crippen molar-refractivity contribution in [3.8, 4) is 0 Å². The summed E-state index contributed by atoms with van der Waals surface area (Å²) in [4.78, 5) is 25.8. The van der Waals surface area contributed by atoms with Gasteiger partial charge in [0.05, 0.1) is 0 Å². The van der Waals surface area contributed by atoms with Crippen LogP contribution in [0.1, 0.15) is 27.7 Å². The molecule has 0 fully saturated rings. The molecule has 0 bridgehead atoms. The van der Waals surface area contributed by atoms with Crippen molar-refractivity contribution in [2.24, 2.45) is 4.99 Å². The third kappa shape index (κ3) is 7.25. The van der Waals surface area contributed by atoms with E-state index >= 15 is 0 Å². The van der Waals surface area contributed by atoms with E-state index in [1.165, 1.54) is 13.0 Å². The molecule has 20 heavy (non-hydrogen) atoms. The number of carboxylic acid groups (broad SMARTS) is 1. The number of rotatable bonds is 4. The Bertz CT molecular complexity index is 496. The molecule has 0 aromatic rings. The molecule has 0 saturated carbocycles. The van der Waals surface area contributed by atoms with Crippen LogP contribution in [0.25, 0.3) is 0 Å². The molecule has 0 aliphatic carbocycles. The molecule has 0 atom stereocenters. The van der Waals surface area contributed by atoms with Crippen LogP contribution in [0.4, 0.5) is 9.18 Å². The van der Waals surface area contributed by atoms with Gasteiger partial charge in [0.25, 0.3) is 0 Å². The predicted molar refractivity (Wildman–Crippen MR) is 74.4 cm³/mol. The maximum atomic E-state index is 12.9. The number of amides is 1. The maximum Gasteiger partial charge on any atom is 0.434 e.